The normalized spacial score (nSPS) is 14.5. The number of sulfonamides is 1. The highest BCUT2D eigenvalue weighted by Crippen LogP contribution is 2.26. The van der Waals surface area contributed by atoms with E-state index in [1.807, 2.05) is 0 Å². The van der Waals surface area contributed by atoms with E-state index in [1.54, 1.807) is 0 Å². The third kappa shape index (κ3) is 3.95. The molecular weight excluding hydrogens is 389 g/mol. The van der Waals surface area contributed by atoms with Crippen LogP contribution in [0.1, 0.15) is 0 Å². The molecule has 0 bridgehead atoms. The second-order valence-electron chi connectivity index (χ2n) is 4.29. The molecule has 9 heteroatoms. The Balaban J connectivity index is 2.41. The monoisotopic (exact) mass is 397 g/mol. The zero-order valence-corrected chi connectivity index (χ0v) is 14.8. The number of nitrogens with one attached hydrogen (secondary N) is 1. The fourth-order valence-electron chi connectivity index (χ4n) is 1.62. The van der Waals surface area contributed by atoms with E-state index in [0.29, 0.717) is 5.02 Å². The summed E-state index contributed by atoms with van der Waals surface area (Å²) in [6, 6.07) is 9.73. The number of hydrogen-bond acceptors (Lipinski definition) is 3. The van der Waals surface area contributed by atoms with Gasteiger partial charge >= 0.3 is 0 Å². The van der Waals surface area contributed by atoms with E-state index in [9.17, 15) is 12.6 Å². The van der Waals surface area contributed by atoms with E-state index < -0.39 is 19.7 Å². The summed E-state index contributed by atoms with van der Waals surface area (Å²) in [5.74, 6) is 3.45. The molecule has 0 heterocycles. The smallest absolute Gasteiger partial charge is 0.247 e. The lowest BCUT2D eigenvalue weighted by atomic mass is 10.4. The quantitative estimate of drug-likeness (QED) is 0.800. The molecule has 22 heavy (non-hydrogen) atoms. The van der Waals surface area contributed by atoms with E-state index in [4.69, 9.17) is 34.8 Å². The van der Waals surface area contributed by atoms with E-state index in [2.05, 4.69) is 10.00 Å². The van der Waals surface area contributed by atoms with Gasteiger partial charge in [0.1, 0.15) is 4.90 Å². The van der Waals surface area contributed by atoms with Crippen LogP contribution in [0, 0.1) is 0 Å². The standard InChI is InChI=1S/C13H10Cl3NO3S2/c1-21(18,11-5-2-9(14)3-6-11)17-22(19,20)13-7-4-10(15)8-12(13)16/h2-8H,1H2,(H,17,18). The van der Waals surface area contributed by atoms with Crippen LogP contribution in [-0.4, -0.2) is 18.5 Å². The Morgan fingerprint density at radius 1 is 0.864 bits per heavy atom. The maximum atomic E-state index is 12.6. The van der Waals surface area contributed by atoms with Crippen molar-refractivity contribution in [2.24, 2.45) is 0 Å². The van der Waals surface area contributed by atoms with Crippen LogP contribution in [0.3, 0.4) is 0 Å². The van der Waals surface area contributed by atoms with Crippen molar-refractivity contribution in [3.63, 3.8) is 0 Å². The van der Waals surface area contributed by atoms with Crippen molar-refractivity contribution in [2.75, 3.05) is 0 Å². The molecule has 0 aromatic heterocycles. The number of benzene rings is 2. The van der Waals surface area contributed by atoms with Gasteiger partial charge < -0.3 is 0 Å². The van der Waals surface area contributed by atoms with Crippen molar-refractivity contribution in [2.45, 2.75) is 9.79 Å². The Bertz CT molecular complexity index is 908. The lowest BCUT2D eigenvalue weighted by Gasteiger charge is -2.13. The van der Waals surface area contributed by atoms with Gasteiger partial charge in [0.05, 0.1) is 14.7 Å². The van der Waals surface area contributed by atoms with Gasteiger partial charge in [-0.25, -0.2) is 12.6 Å². The number of rotatable bonds is 4. The van der Waals surface area contributed by atoms with Gasteiger partial charge in [-0.2, -0.15) is 0 Å². The van der Waals surface area contributed by atoms with Crippen LogP contribution in [0.15, 0.2) is 52.3 Å². The second kappa shape index (κ2) is 6.39. The molecule has 0 aliphatic rings. The van der Waals surface area contributed by atoms with E-state index in [1.165, 1.54) is 42.5 Å². The molecular formula is C13H10Cl3NO3S2. The largest absolute Gasteiger partial charge is 0.252 e. The highest BCUT2D eigenvalue weighted by Gasteiger charge is 2.23. The Hall–Kier alpha value is -0.760. The molecule has 118 valence electrons. The summed E-state index contributed by atoms with van der Waals surface area (Å²) in [4.78, 5) is -0.0329. The summed E-state index contributed by atoms with van der Waals surface area (Å²) >= 11 is 17.3. The molecule has 1 N–H and O–H groups in total. The molecule has 2 aromatic carbocycles. The minimum atomic E-state index is -4.14. The van der Waals surface area contributed by atoms with Gasteiger partial charge in [0.15, 0.2) is 0 Å². The van der Waals surface area contributed by atoms with E-state index in [0.717, 1.165) is 0 Å². The molecule has 0 spiro atoms. The fourth-order valence-corrected chi connectivity index (χ4v) is 5.76. The van der Waals surface area contributed by atoms with Crippen molar-refractivity contribution in [3.8, 4) is 0 Å². The molecule has 0 saturated heterocycles. The molecule has 4 nitrogen and oxygen atoms in total. The van der Waals surface area contributed by atoms with E-state index in [-0.39, 0.29) is 19.8 Å². The van der Waals surface area contributed by atoms with Crippen molar-refractivity contribution in [3.05, 3.63) is 57.5 Å². The summed E-state index contributed by atoms with van der Waals surface area (Å²) in [5.41, 5.74) is 0. The first-order valence-corrected chi connectivity index (χ1v) is 10.1. The maximum Gasteiger partial charge on any atom is 0.252 e. The van der Waals surface area contributed by atoms with Crippen molar-refractivity contribution >= 4 is 60.4 Å². The van der Waals surface area contributed by atoms with Crippen LogP contribution in [0.5, 0.6) is 0 Å². The van der Waals surface area contributed by atoms with Crippen LogP contribution in [0.25, 0.3) is 0 Å². The summed E-state index contributed by atoms with van der Waals surface area (Å²) in [6.07, 6.45) is 0. The molecule has 2 rings (SSSR count). The summed E-state index contributed by atoms with van der Waals surface area (Å²) < 4.78 is 39.3. The summed E-state index contributed by atoms with van der Waals surface area (Å²) in [6.45, 7) is 0. The van der Waals surface area contributed by atoms with Gasteiger partial charge in [-0.3, -0.25) is 0 Å². The minimum Gasteiger partial charge on any atom is -0.247 e. The van der Waals surface area contributed by atoms with Crippen LogP contribution in [-0.2, 0) is 19.7 Å². The average Bonchev–Trinajstić information content (AvgIpc) is 2.37. The molecule has 0 saturated carbocycles. The topological polar surface area (TPSA) is 63.2 Å². The van der Waals surface area contributed by atoms with Crippen LogP contribution >= 0.6 is 34.8 Å². The lowest BCUT2D eigenvalue weighted by Crippen LogP contribution is -2.30. The molecule has 0 radical (unpaired) electrons. The van der Waals surface area contributed by atoms with Gasteiger partial charge in [-0.1, -0.05) is 34.8 Å². The first-order valence-electron chi connectivity index (χ1n) is 5.73. The molecule has 0 aliphatic carbocycles. The summed E-state index contributed by atoms with van der Waals surface area (Å²) in [5, 5.41) is 0.644. The van der Waals surface area contributed by atoms with Crippen molar-refractivity contribution < 1.29 is 12.6 Å². The predicted molar refractivity (Wildman–Crippen MR) is 91.8 cm³/mol. The third-order valence-electron chi connectivity index (χ3n) is 2.62. The van der Waals surface area contributed by atoms with Gasteiger partial charge in [0.2, 0.25) is 0 Å². The van der Waals surface area contributed by atoms with Crippen molar-refractivity contribution in [1.82, 2.24) is 4.13 Å². The summed E-state index contributed by atoms with van der Waals surface area (Å²) in [7, 11) is -7.43. The first kappa shape index (κ1) is 17.6. The second-order valence-corrected chi connectivity index (χ2v) is 9.51. The molecule has 1 unspecified atom stereocenters. The fraction of sp³-hybridized carbons (Fsp3) is 0. The van der Waals surface area contributed by atoms with Crippen molar-refractivity contribution in [1.29, 1.82) is 0 Å². The first-order chi connectivity index (χ1) is 10.1. The Morgan fingerprint density at radius 2 is 1.41 bits per heavy atom. The lowest BCUT2D eigenvalue weighted by molar-refractivity contribution is 0.592. The molecule has 1 atom stereocenters. The van der Waals surface area contributed by atoms with Gasteiger partial charge in [0, 0.05) is 14.9 Å². The molecule has 0 aliphatic heterocycles. The highest BCUT2D eigenvalue weighted by molar-refractivity contribution is 8.09. The third-order valence-corrected chi connectivity index (χ3v) is 7.46. The van der Waals surface area contributed by atoms with Gasteiger partial charge in [-0.15, -0.1) is 4.13 Å². The van der Waals surface area contributed by atoms with Crippen LogP contribution in [0.4, 0.5) is 0 Å². The maximum absolute atomic E-state index is 12.6. The molecule has 0 fully saturated rings. The van der Waals surface area contributed by atoms with Gasteiger partial charge in [0.25, 0.3) is 10.0 Å². The Morgan fingerprint density at radius 3 is 1.95 bits per heavy atom. The zero-order chi connectivity index (χ0) is 16.5. The van der Waals surface area contributed by atoms with Crippen LogP contribution < -0.4 is 4.13 Å². The average molecular weight is 399 g/mol. The van der Waals surface area contributed by atoms with Gasteiger partial charge in [-0.05, 0) is 48.3 Å². The van der Waals surface area contributed by atoms with Crippen LogP contribution in [0.2, 0.25) is 15.1 Å². The Labute approximate surface area is 144 Å². The highest BCUT2D eigenvalue weighted by atomic mass is 35.5. The molecule has 2 aromatic rings. The zero-order valence-electron chi connectivity index (χ0n) is 10.9. The SMILES string of the molecule is C=S(=O)(NS(=O)(=O)c1ccc(Cl)cc1Cl)c1ccc(Cl)cc1. The predicted octanol–water partition coefficient (Wildman–Crippen LogP) is 3.62. The minimum absolute atomic E-state index is 0.0775. The Kier molecular flexibility index (Phi) is 5.11. The molecule has 0 amide bonds. The number of halogens is 3. The van der Waals surface area contributed by atoms with E-state index >= 15 is 0 Å². The number of hydrogen-bond donors (Lipinski definition) is 1.